The Labute approximate surface area is 123 Å². The van der Waals surface area contributed by atoms with E-state index in [4.69, 9.17) is 0 Å². The molecule has 108 valence electrons. The van der Waals surface area contributed by atoms with Crippen molar-refractivity contribution in [2.75, 3.05) is 0 Å². The largest absolute Gasteiger partial charge is 0.508 e. The van der Waals surface area contributed by atoms with Crippen LogP contribution in [0.15, 0.2) is 36.4 Å². The van der Waals surface area contributed by atoms with Gasteiger partial charge in [0.1, 0.15) is 5.75 Å². The lowest BCUT2D eigenvalue weighted by Crippen LogP contribution is -1.93. The summed E-state index contributed by atoms with van der Waals surface area (Å²) in [5, 5.41) is 19.0. The molecule has 0 radical (unpaired) electrons. The third-order valence-electron chi connectivity index (χ3n) is 4.12. The number of hydrogen-bond donors (Lipinski definition) is 2. The van der Waals surface area contributed by atoms with Crippen molar-refractivity contribution in [1.29, 1.82) is 0 Å². The van der Waals surface area contributed by atoms with Crippen LogP contribution in [-0.4, -0.2) is 10.2 Å². The van der Waals surface area contributed by atoms with Crippen molar-refractivity contribution in [1.82, 2.24) is 0 Å². The Bertz CT molecular complexity index is 715. The molecule has 0 atom stereocenters. The van der Waals surface area contributed by atoms with Gasteiger partial charge in [-0.1, -0.05) is 12.1 Å². The topological polar surface area (TPSA) is 40.5 Å². The minimum Gasteiger partial charge on any atom is -0.508 e. The summed E-state index contributed by atoms with van der Waals surface area (Å²) in [5.41, 5.74) is 5.10. The maximum absolute atomic E-state index is 13.7. The van der Waals surface area contributed by atoms with Crippen LogP contribution in [0.25, 0.3) is 11.1 Å². The molecule has 2 aromatic carbocycles. The van der Waals surface area contributed by atoms with E-state index in [1.54, 1.807) is 12.1 Å². The smallest absolute Gasteiger partial charge is 0.165 e. The normalized spacial score (nSPS) is 14.8. The number of aryl methyl sites for hydroxylation is 1. The van der Waals surface area contributed by atoms with Gasteiger partial charge in [-0.25, -0.2) is 4.39 Å². The highest BCUT2D eigenvalue weighted by molar-refractivity contribution is 5.91. The molecule has 0 unspecified atom stereocenters. The fourth-order valence-corrected chi connectivity index (χ4v) is 2.99. The summed E-state index contributed by atoms with van der Waals surface area (Å²) in [7, 11) is 0. The van der Waals surface area contributed by atoms with E-state index in [2.05, 4.69) is 0 Å². The van der Waals surface area contributed by atoms with Gasteiger partial charge in [-0.15, -0.1) is 0 Å². The molecule has 0 aromatic heterocycles. The molecular weight excluding hydrogens is 267 g/mol. The van der Waals surface area contributed by atoms with Crippen molar-refractivity contribution >= 4 is 11.1 Å². The first-order valence-electron chi connectivity index (χ1n) is 7.07. The van der Waals surface area contributed by atoms with E-state index in [1.165, 1.54) is 17.7 Å². The molecule has 2 nitrogen and oxygen atoms in total. The van der Waals surface area contributed by atoms with Gasteiger partial charge in [-0.2, -0.15) is 0 Å². The monoisotopic (exact) mass is 284 g/mol. The number of phenolic OH excluding ortho intramolecular Hbond substituents is 2. The lowest BCUT2D eigenvalue weighted by Gasteiger charge is -2.12. The van der Waals surface area contributed by atoms with Gasteiger partial charge in [0, 0.05) is 0 Å². The zero-order valence-corrected chi connectivity index (χ0v) is 11.9. The fourth-order valence-electron chi connectivity index (χ4n) is 2.99. The molecule has 1 aliphatic carbocycles. The third kappa shape index (κ3) is 2.51. The van der Waals surface area contributed by atoms with Crippen LogP contribution < -0.4 is 0 Å². The van der Waals surface area contributed by atoms with Crippen molar-refractivity contribution in [2.45, 2.75) is 26.2 Å². The summed E-state index contributed by atoms with van der Waals surface area (Å²) in [4.78, 5) is 0. The van der Waals surface area contributed by atoms with E-state index in [1.807, 2.05) is 19.1 Å². The van der Waals surface area contributed by atoms with Crippen LogP contribution in [0.5, 0.6) is 11.5 Å². The molecule has 2 aromatic rings. The number of aromatic hydroxyl groups is 2. The van der Waals surface area contributed by atoms with E-state index >= 15 is 0 Å². The first-order chi connectivity index (χ1) is 10.1. The summed E-state index contributed by atoms with van der Waals surface area (Å²) in [6.07, 6.45) is 2.67. The molecule has 3 heteroatoms. The summed E-state index contributed by atoms with van der Waals surface area (Å²) in [6, 6.07) is 10.1. The number of hydrogen-bond acceptors (Lipinski definition) is 2. The molecule has 21 heavy (non-hydrogen) atoms. The quantitative estimate of drug-likeness (QED) is 0.809. The maximum Gasteiger partial charge on any atom is 0.165 e. The summed E-state index contributed by atoms with van der Waals surface area (Å²) in [6.45, 7) is 1.99. The van der Waals surface area contributed by atoms with E-state index in [9.17, 15) is 14.6 Å². The number of benzene rings is 2. The van der Waals surface area contributed by atoms with Crippen molar-refractivity contribution in [3.8, 4) is 11.5 Å². The van der Waals surface area contributed by atoms with E-state index in [0.29, 0.717) is 0 Å². The minimum atomic E-state index is -0.583. The van der Waals surface area contributed by atoms with Gasteiger partial charge in [-0.05, 0) is 78.3 Å². The molecule has 0 aliphatic heterocycles. The van der Waals surface area contributed by atoms with E-state index in [0.717, 1.165) is 41.5 Å². The predicted molar refractivity (Wildman–Crippen MR) is 81.6 cm³/mol. The molecule has 2 N–H and O–H groups in total. The Morgan fingerprint density at radius 3 is 2.43 bits per heavy atom. The second-order valence-electron chi connectivity index (χ2n) is 5.46. The van der Waals surface area contributed by atoms with Crippen molar-refractivity contribution in [3.05, 3.63) is 58.9 Å². The van der Waals surface area contributed by atoms with Gasteiger partial charge in [-0.3, -0.25) is 0 Å². The van der Waals surface area contributed by atoms with Gasteiger partial charge < -0.3 is 10.2 Å². The van der Waals surface area contributed by atoms with Crippen LogP contribution in [0.3, 0.4) is 0 Å². The predicted octanol–water partition coefficient (Wildman–Crippen LogP) is 4.50. The summed E-state index contributed by atoms with van der Waals surface area (Å²) < 4.78 is 13.7. The molecule has 0 amide bonds. The number of fused-ring (bicyclic) bond motifs is 1. The zero-order chi connectivity index (χ0) is 15.0. The SMILES string of the molecule is CC1=C(c2ccc(O)cc2)CCCc2cc(O)c(F)cc21. The lowest BCUT2D eigenvalue weighted by molar-refractivity contribution is 0.431. The zero-order valence-electron chi connectivity index (χ0n) is 11.9. The standard InChI is InChI=1S/C18H17FO2/c1-11-15(12-5-7-14(20)8-6-12)4-2-3-13-9-18(21)17(19)10-16(11)13/h5-10,20-21H,2-4H2,1H3. The van der Waals surface area contributed by atoms with Crippen LogP contribution in [0.1, 0.15) is 36.5 Å². The molecule has 0 bridgehead atoms. The van der Waals surface area contributed by atoms with Crippen LogP contribution >= 0.6 is 0 Å². The Hall–Kier alpha value is -2.29. The van der Waals surface area contributed by atoms with Crippen LogP contribution in [0.4, 0.5) is 4.39 Å². The average Bonchev–Trinajstić information content (AvgIpc) is 2.61. The fraction of sp³-hybridized carbons (Fsp3) is 0.222. The van der Waals surface area contributed by atoms with Gasteiger partial charge in [0.25, 0.3) is 0 Å². The van der Waals surface area contributed by atoms with Crippen molar-refractivity contribution < 1.29 is 14.6 Å². The molecule has 0 saturated carbocycles. The Morgan fingerprint density at radius 2 is 1.71 bits per heavy atom. The van der Waals surface area contributed by atoms with Gasteiger partial charge in [0.15, 0.2) is 11.6 Å². The van der Waals surface area contributed by atoms with Crippen LogP contribution in [0.2, 0.25) is 0 Å². The van der Waals surface area contributed by atoms with E-state index < -0.39 is 5.82 Å². The number of phenols is 2. The van der Waals surface area contributed by atoms with Crippen molar-refractivity contribution in [2.24, 2.45) is 0 Å². The van der Waals surface area contributed by atoms with Crippen LogP contribution in [0, 0.1) is 5.82 Å². The van der Waals surface area contributed by atoms with Crippen molar-refractivity contribution in [3.63, 3.8) is 0 Å². The molecule has 0 fully saturated rings. The second-order valence-corrected chi connectivity index (χ2v) is 5.46. The maximum atomic E-state index is 13.7. The van der Waals surface area contributed by atoms with Crippen LogP contribution in [-0.2, 0) is 6.42 Å². The number of halogens is 1. The average molecular weight is 284 g/mol. The molecule has 3 rings (SSSR count). The number of rotatable bonds is 1. The summed E-state index contributed by atoms with van der Waals surface area (Å²) in [5.74, 6) is -0.628. The highest BCUT2D eigenvalue weighted by atomic mass is 19.1. The summed E-state index contributed by atoms with van der Waals surface area (Å²) >= 11 is 0. The molecule has 0 saturated heterocycles. The molecule has 1 aliphatic rings. The molecule has 0 heterocycles. The lowest BCUT2D eigenvalue weighted by atomic mass is 9.93. The second kappa shape index (κ2) is 5.24. The molecule has 0 spiro atoms. The minimum absolute atomic E-state index is 0.238. The van der Waals surface area contributed by atoms with Gasteiger partial charge >= 0.3 is 0 Å². The third-order valence-corrected chi connectivity index (χ3v) is 4.12. The highest BCUT2D eigenvalue weighted by Crippen LogP contribution is 2.37. The number of allylic oxidation sites excluding steroid dienone is 2. The first kappa shape index (κ1) is 13.7. The Kier molecular flexibility index (Phi) is 3.42. The Balaban J connectivity index is 2.15. The van der Waals surface area contributed by atoms with Gasteiger partial charge in [0.05, 0.1) is 0 Å². The van der Waals surface area contributed by atoms with Gasteiger partial charge in [0.2, 0.25) is 0 Å². The first-order valence-corrected chi connectivity index (χ1v) is 7.07. The Morgan fingerprint density at radius 1 is 1.00 bits per heavy atom. The highest BCUT2D eigenvalue weighted by Gasteiger charge is 2.18. The van der Waals surface area contributed by atoms with E-state index in [-0.39, 0.29) is 11.5 Å². The molecular formula is C18H17FO2.